The van der Waals surface area contributed by atoms with Crippen molar-refractivity contribution in [1.29, 1.82) is 0 Å². The summed E-state index contributed by atoms with van der Waals surface area (Å²) in [5.74, 6) is 1.08. The lowest BCUT2D eigenvalue weighted by molar-refractivity contribution is 0.0946. The largest absolute Gasteiger partial charge is 0.376 e. The molecule has 1 saturated heterocycles. The molecule has 2 heterocycles. The normalized spacial score (nSPS) is 19.6. The number of hydrogen-bond acceptors (Lipinski definition) is 5. The van der Waals surface area contributed by atoms with Gasteiger partial charge in [0.05, 0.1) is 6.10 Å². The van der Waals surface area contributed by atoms with Gasteiger partial charge in [-0.3, -0.25) is 4.79 Å². The molecule has 2 N–H and O–H groups in total. The minimum atomic E-state index is -0.137. The Kier molecular flexibility index (Phi) is 4.61. The zero-order valence-corrected chi connectivity index (χ0v) is 14.1. The van der Waals surface area contributed by atoms with Gasteiger partial charge in [-0.05, 0) is 25.7 Å². The van der Waals surface area contributed by atoms with E-state index in [1.165, 1.54) is 0 Å². The predicted molar refractivity (Wildman–Crippen MR) is 95.4 cm³/mol. The molecule has 0 spiro atoms. The number of carbonyl (C=O) groups excluding carboxylic acids is 1. The van der Waals surface area contributed by atoms with Crippen molar-refractivity contribution in [3.05, 3.63) is 42.1 Å². The first-order chi connectivity index (χ1) is 12.3. The highest BCUT2D eigenvalue weighted by Crippen LogP contribution is 2.21. The van der Waals surface area contributed by atoms with Crippen LogP contribution in [0, 0.1) is 0 Å². The van der Waals surface area contributed by atoms with Crippen LogP contribution in [0.3, 0.4) is 0 Å². The van der Waals surface area contributed by atoms with Crippen LogP contribution in [0.25, 0.3) is 11.4 Å². The molecule has 2 fully saturated rings. The predicted octanol–water partition coefficient (Wildman–Crippen LogP) is 2.63. The minimum absolute atomic E-state index is 0.137. The summed E-state index contributed by atoms with van der Waals surface area (Å²) < 4.78 is 5.64. The Morgan fingerprint density at radius 2 is 2.00 bits per heavy atom. The van der Waals surface area contributed by atoms with E-state index in [0.717, 1.165) is 37.9 Å². The van der Waals surface area contributed by atoms with Gasteiger partial charge >= 0.3 is 0 Å². The molecule has 1 aliphatic heterocycles. The lowest BCUT2D eigenvalue weighted by Gasteiger charge is -2.13. The number of amides is 1. The van der Waals surface area contributed by atoms with E-state index < -0.39 is 0 Å². The van der Waals surface area contributed by atoms with Crippen molar-refractivity contribution in [2.24, 2.45) is 0 Å². The number of benzene rings is 1. The number of nitrogens with one attached hydrogen (secondary N) is 2. The Bertz CT molecular complexity index is 740. The van der Waals surface area contributed by atoms with Crippen molar-refractivity contribution in [2.75, 3.05) is 18.5 Å². The summed E-state index contributed by atoms with van der Waals surface area (Å²) in [5.41, 5.74) is 1.29. The zero-order valence-electron chi connectivity index (χ0n) is 14.1. The quantitative estimate of drug-likeness (QED) is 0.847. The van der Waals surface area contributed by atoms with E-state index >= 15 is 0 Å². The number of anilines is 1. The monoisotopic (exact) mass is 338 g/mol. The number of hydrogen-bond donors (Lipinski definition) is 2. The van der Waals surface area contributed by atoms with Crippen molar-refractivity contribution in [3.8, 4) is 11.4 Å². The molecular weight excluding hydrogens is 316 g/mol. The molecule has 1 unspecified atom stereocenters. The third-order valence-electron chi connectivity index (χ3n) is 4.44. The average molecular weight is 338 g/mol. The van der Waals surface area contributed by atoms with Gasteiger partial charge in [-0.15, -0.1) is 0 Å². The SMILES string of the molecule is O=C(NC1CC1)c1cc(NCC2CCCO2)nc(-c2ccccc2)n1. The van der Waals surface area contributed by atoms with Crippen LogP contribution in [0.15, 0.2) is 36.4 Å². The Balaban J connectivity index is 1.58. The maximum atomic E-state index is 12.4. The summed E-state index contributed by atoms with van der Waals surface area (Å²) in [7, 11) is 0. The molecule has 4 rings (SSSR count). The summed E-state index contributed by atoms with van der Waals surface area (Å²) in [6.07, 6.45) is 4.46. The Morgan fingerprint density at radius 3 is 2.72 bits per heavy atom. The molecule has 6 nitrogen and oxygen atoms in total. The Hall–Kier alpha value is -2.47. The van der Waals surface area contributed by atoms with Gasteiger partial charge in [-0.2, -0.15) is 0 Å². The summed E-state index contributed by atoms with van der Waals surface area (Å²) in [6.45, 7) is 1.51. The first-order valence-corrected chi connectivity index (χ1v) is 8.89. The second-order valence-corrected chi connectivity index (χ2v) is 6.59. The number of aromatic nitrogens is 2. The first kappa shape index (κ1) is 16.0. The molecule has 1 amide bonds. The van der Waals surface area contributed by atoms with E-state index in [0.29, 0.717) is 29.9 Å². The summed E-state index contributed by atoms with van der Waals surface area (Å²) in [5, 5.41) is 6.30. The van der Waals surface area contributed by atoms with Crippen LogP contribution >= 0.6 is 0 Å². The number of nitrogens with zero attached hydrogens (tertiary/aromatic N) is 2. The molecule has 2 aliphatic rings. The molecule has 1 aromatic carbocycles. The Morgan fingerprint density at radius 1 is 1.16 bits per heavy atom. The average Bonchev–Trinajstić information content (AvgIpc) is 3.31. The number of ether oxygens (including phenoxy) is 1. The lowest BCUT2D eigenvalue weighted by atomic mass is 10.2. The van der Waals surface area contributed by atoms with Crippen LogP contribution < -0.4 is 10.6 Å². The van der Waals surface area contributed by atoms with Gasteiger partial charge in [-0.25, -0.2) is 9.97 Å². The highest BCUT2D eigenvalue weighted by molar-refractivity contribution is 5.93. The molecule has 25 heavy (non-hydrogen) atoms. The molecule has 2 aromatic rings. The third kappa shape index (κ3) is 4.14. The fraction of sp³-hybridized carbons (Fsp3) is 0.421. The molecule has 1 aromatic heterocycles. The maximum Gasteiger partial charge on any atom is 0.270 e. The fourth-order valence-electron chi connectivity index (χ4n) is 2.88. The highest BCUT2D eigenvalue weighted by Gasteiger charge is 2.25. The van der Waals surface area contributed by atoms with Crippen molar-refractivity contribution in [2.45, 2.75) is 37.8 Å². The Labute approximate surface area is 147 Å². The molecule has 6 heteroatoms. The first-order valence-electron chi connectivity index (χ1n) is 8.89. The van der Waals surface area contributed by atoms with E-state index in [-0.39, 0.29) is 12.0 Å². The van der Waals surface area contributed by atoms with Crippen LogP contribution in [0.1, 0.15) is 36.2 Å². The maximum absolute atomic E-state index is 12.4. The van der Waals surface area contributed by atoms with Gasteiger partial charge in [0, 0.05) is 30.8 Å². The molecular formula is C19H22N4O2. The van der Waals surface area contributed by atoms with Crippen LogP contribution in [0.2, 0.25) is 0 Å². The molecule has 130 valence electrons. The van der Waals surface area contributed by atoms with Crippen molar-refractivity contribution in [3.63, 3.8) is 0 Å². The molecule has 1 atom stereocenters. The van der Waals surface area contributed by atoms with Gasteiger partial charge in [0.25, 0.3) is 5.91 Å². The van der Waals surface area contributed by atoms with Crippen molar-refractivity contribution >= 4 is 11.7 Å². The summed E-state index contributed by atoms with van der Waals surface area (Å²) >= 11 is 0. The van der Waals surface area contributed by atoms with E-state index in [1.807, 2.05) is 30.3 Å². The van der Waals surface area contributed by atoms with Crippen LogP contribution in [0.4, 0.5) is 5.82 Å². The van der Waals surface area contributed by atoms with Gasteiger partial charge < -0.3 is 15.4 Å². The van der Waals surface area contributed by atoms with E-state index in [2.05, 4.69) is 20.6 Å². The fourth-order valence-corrected chi connectivity index (χ4v) is 2.88. The molecule has 0 radical (unpaired) electrons. The lowest BCUT2D eigenvalue weighted by Crippen LogP contribution is -2.27. The number of carbonyl (C=O) groups is 1. The van der Waals surface area contributed by atoms with Gasteiger partial charge in [0.2, 0.25) is 0 Å². The van der Waals surface area contributed by atoms with Crippen molar-refractivity contribution in [1.82, 2.24) is 15.3 Å². The smallest absolute Gasteiger partial charge is 0.270 e. The standard InChI is InChI=1S/C19H22N4O2/c24-19(21-14-8-9-14)16-11-17(20-12-15-7-4-10-25-15)23-18(22-16)13-5-2-1-3-6-13/h1-3,5-6,11,14-15H,4,7-10,12H2,(H,21,24)(H,20,22,23). The second-order valence-electron chi connectivity index (χ2n) is 6.59. The van der Waals surface area contributed by atoms with E-state index in [4.69, 9.17) is 4.74 Å². The molecule has 1 saturated carbocycles. The highest BCUT2D eigenvalue weighted by atomic mass is 16.5. The second kappa shape index (κ2) is 7.19. The van der Waals surface area contributed by atoms with Crippen LogP contribution in [-0.4, -0.2) is 41.2 Å². The van der Waals surface area contributed by atoms with Crippen LogP contribution in [-0.2, 0) is 4.74 Å². The van der Waals surface area contributed by atoms with Gasteiger partial charge in [-0.1, -0.05) is 30.3 Å². The van der Waals surface area contributed by atoms with Crippen LogP contribution in [0.5, 0.6) is 0 Å². The topological polar surface area (TPSA) is 76.1 Å². The zero-order chi connectivity index (χ0) is 17.1. The van der Waals surface area contributed by atoms with Crippen molar-refractivity contribution < 1.29 is 9.53 Å². The molecule has 1 aliphatic carbocycles. The van der Waals surface area contributed by atoms with Gasteiger partial charge in [0.1, 0.15) is 11.5 Å². The van der Waals surface area contributed by atoms with E-state index in [1.54, 1.807) is 6.07 Å². The minimum Gasteiger partial charge on any atom is -0.376 e. The molecule has 0 bridgehead atoms. The summed E-state index contributed by atoms with van der Waals surface area (Å²) in [6, 6.07) is 11.7. The summed E-state index contributed by atoms with van der Waals surface area (Å²) in [4.78, 5) is 21.5. The number of rotatable bonds is 6. The van der Waals surface area contributed by atoms with E-state index in [9.17, 15) is 4.79 Å². The van der Waals surface area contributed by atoms with Gasteiger partial charge in [0.15, 0.2) is 5.82 Å². The third-order valence-corrected chi connectivity index (χ3v) is 4.44.